The first-order valence-electron chi connectivity index (χ1n) is 13.3. The SMILES string of the molecule is CCCCc1ccc(NC(=O)c2ccc(NC(=O)c3ccc(-c4nc5cc(Cl)c(Cl)cc5[nH]4)cc3)c(C(=O)O)c2)cc1. The van der Waals surface area contributed by atoms with Gasteiger partial charge >= 0.3 is 5.97 Å². The Labute approximate surface area is 251 Å². The monoisotopic (exact) mass is 600 g/mol. The molecule has 0 bridgehead atoms. The number of carbonyl (C=O) groups is 3. The van der Waals surface area contributed by atoms with Crippen LogP contribution in [0.3, 0.4) is 0 Å². The van der Waals surface area contributed by atoms with Gasteiger partial charge in [-0.15, -0.1) is 0 Å². The third-order valence-corrected chi connectivity index (χ3v) is 7.46. The van der Waals surface area contributed by atoms with Crippen molar-refractivity contribution < 1.29 is 19.5 Å². The molecule has 10 heteroatoms. The van der Waals surface area contributed by atoms with Gasteiger partial charge in [-0.3, -0.25) is 9.59 Å². The number of hydrogen-bond donors (Lipinski definition) is 4. The van der Waals surface area contributed by atoms with Crippen molar-refractivity contribution in [2.75, 3.05) is 10.6 Å². The first-order chi connectivity index (χ1) is 20.2. The van der Waals surface area contributed by atoms with E-state index in [1.165, 1.54) is 23.8 Å². The number of carboxylic acid groups (broad SMARTS) is 1. The molecule has 1 aromatic heterocycles. The smallest absolute Gasteiger partial charge is 0.337 e. The first kappa shape index (κ1) is 28.9. The van der Waals surface area contributed by atoms with Crippen LogP contribution in [0, 0.1) is 0 Å². The highest BCUT2D eigenvalue weighted by molar-refractivity contribution is 6.42. The van der Waals surface area contributed by atoms with Crippen LogP contribution in [-0.4, -0.2) is 32.9 Å². The van der Waals surface area contributed by atoms with Gasteiger partial charge in [0.25, 0.3) is 11.8 Å². The number of nitrogens with one attached hydrogen (secondary N) is 3. The standard InChI is InChI=1S/C32H26Cl2N4O4/c1-2-3-4-18-5-12-22(13-6-18)35-31(40)21-11-14-26(23(15-21)32(41)42)38-30(39)20-9-7-19(8-10-20)29-36-27-16-24(33)25(34)17-28(27)37-29/h5-17H,2-4H2,1H3,(H,35,40)(H,36,37)(H,38,39)(H,41,42). The summed E-state index contributed by atoms with van der Waals surface area (Å²) in [4.78, 5) is 45.5. The number of aromatic carboxylic acids is 1. The second-order valence-corrected chi connectivity index (χ2v) is 10.5. The number of aryl methyl sites for hydroxylation is 1. The van der Waals surface area contributed by atoms with Gasteiger partial charge < -0.3 is 20.7 Å². The zero-order chi connectivity index (χ0) is 29.8. The molecule has 0 atom stereocenters. The molecule has 4 aromatic carbocycles. The fourth-order valence-electron chi connectivity index (χ4n) is 4.43. The Morgan fingerprint density at radius 3 is 2.19 bits per heavy atom. The molecule has 0 aliphatic rings. The predicted molar refractivity (Wildman–Crippen MR) is 166 cm³/mol. The van der Waals surface area contributed by atoms with Crippen LogP contribution < -0.4 is 10.6 Å². The molecule has 5 rings (SSSR count). The summed E-state index contributed by atoms with van der Waals surface area (Å²) < 4.78 is 0. The summed E-state index contributed by atoms with van der Waals surface area (Å²) in [6, 6.07) is 21.7. The Kier molecular flexibility index (Phi) is 8.56. The predicted octanol–water partition coefficient (Wildman–Crippen LogP) is 8.08. The average molecular weight is 601 g/mol. The van der Waals surface area contributed by atoms with E-state index in [9.17, 15) is 19.5 Å². The van der Waals surface area contributed by atoms with E-state index in [-0.39, 0.29) is 16.8 Å². The van der Waals surface area contributed by atoms with E-state index >= 15 is 0 Å². The highest BCUT2D eigenvalue weighted by Gasteiger charge is 2.18. The number of aromatic nitrogens is 2. The second kappa shape index (κ2) is 12.5. The third kappa shape index (κ3) is 6.46. The van der Waals surface area contributed by atoms with Crippen LogP contribution in [0.1, 0.15) is 56.4 Å². The van der Waals surface area contributed by atoms with Crippen molar-refractivity contribution in [3.63, 3.8) is 0 Å². The van der Waals surface area contributed by atoms with Crippen molar-refractivity contribution in [3.05, 3.63) is 111 Å². The number of amides is 2. The number of anilines is 2. The number of benzene rings is 4. The third-order valence-electron chi connectivity index (χ3n) is 6.74. The largest absolute Gasteiger partial charge is 0.478 e. The molecule has 5 aromatic rings. The Morgan fingerprint density at radius 1 is 0.833 bits per heavy atom. The Balaban J connectivity index is 1.28. The maximum Gasteiger partial charge on any atom is 0.337 e. The summed E-state index contributed by atoms with van der Waals surface area (Å²) in [5.74, 6) is -1.67. The zero-order valence-electron chi connectivity index (χ0n) is 22.5. The molecular weight excluding hydrogens is 575 g/mol. The molecule has 2 amide bonds. The minimum absolute atomic E-state index is 0.0689. The summed E-state index contributed by atoms with van der Waals surface area (Å²) in [6.07, 6.45) is 3.16. The number of nitrogens with zero attached hydrogens (tertiary/aromatic N) is 1. The van der Waals surface area contributed by atoms with E-state index in [1.54, 1.807) is 36.4 Å². The van der Waals surface area contributed by atoms with Gasteiger partial charge in [-0.25, -0.2) is 9.78 Å². The fourth-order valence-corrected chi connectivity index (χ4v) is 4.75. The Morgan fingerprint density at radius 2 is 1.50 bits per heavy atom. The van der Waals surface area contributed by atoms with Crippen LogP contribution in [-0.2, 0) is 6.42 Å². The zero-order valence-corrected chi connectivity index (χ0v) is 24.0. The van der Waals surface area contributed by atoms with Crippen LogP contribution in [0.15, 0.2) is 78.9 Å². The van der Waals surface area contributed by atoms with Crippen molar-refractivity contribution in [2.45, 2.75) is 26.2 Å². The van der Waals surface area contributed by atoms with Gasteiger partial charge in [-0.05, 0) is 73.0 Å². The lowest BCUT2D eigenvalue weighted by atomic mass is 10.1. The van der Waals surface area contributed by atoms with Gasteiger partial charge in [0.1, 0.15) is 5.82 Å². The molecule has 0 aliphatic carbocycles. The summed E-state index contributed by atoms with van der Waals surface area (Å²) in [7, 11) is 0. The molecule has 0 aliphatic heterocycles. The molecular formula is C32H26Cl2N4O4. The number of fused-ring (bicyclic) bond motifs is 1. The van der Waals surface area contributed by atoms with Gasteiger partial charge in [0, 0.05) is 22.4 Å². The Hall–Kier alpha value is -4.66. The minimum atomic E-state index is -1.28. The van der Waals surface area contributed by atoms with E-state index in [0.717, 1.165) is 30.3 Å². The number of H-pyrrole nitrogens is 1. The van der Waals surface area contributed by atoms with Crippen molar-refractivity contribution >= 4 is 63.4 Å². The molecule has 42 heavy (non-hydrogen) atoms. The highest BCUT2D eigenvalue weighted by Crippen LogP contribution is 2.29. The van der Waals surface area contributed by atoms with Gasteiger partial charge in [0.2, 0.25) is 0 Å². The number of carboxylic acids is 1. The molecule has 0 unspecified atom stereocenters. The van der Waals surface area contributed by atoms with E-state index in [1.807, 2.05) is 24.3 Å². The lowest BCUT2D eigenvalue weighted by molar-refractivity contribution is 0.0698. The second-order valence-electron chi connectivity index (χ2n) is 9.72. The lowest BCUT2D eigenvalue weighted by Gasteiger charge is -2.11. The van der Waals surface area contributed by atoms with Crippen molar-refractivity contribution in [3.8, 4) is 11.4 Å². The topological polar surface area (TPSA) is 124 Å². The van der Waals surface area contributed by atoms with Crippen LogP contribution in [0.25, 0.3) is 22.4 Å². The number of imidazole rings is 1. The summed E-state index contributed by atoms with van der Waals surface area (Å²) in [6.45, 7) is 2.13. The van der Waals surface area contributed by atoms with Crippen LogP contribution in [0.5, 0.6) is 0 Å². The molecule has 0 fully saturated rings. The summed E-state index contributed by atoms with van der Waals surface area (Å²) in [5.41, 5.74) is 4.21. The van der Waals surface area contributed by atoms with Crippen molar-refractivity contribution in [1.82, 2.24) is 9.97 Å². The summed E-state index contributed by atoms with van der Waals surface area (Å²) in [5, 5.41) is 16.0. The molecule has 0 spiro atoms. The van der Waals surface area contributed by atoms with Crippen LogP contribution in [0.4, 0.5) is 11.4 Å². The van der Waals surface area contributed by atoms with Crippen LogP contribution in [0.2, 0.25) is 10.0 Å². The molecule has 4 N–H and O–H groups in total. The minimum Gasteiger partial charge on any atom is -0.478 e. The number of carbonyl (C=O) groups excluding carboxylic acids is 2. The van der Waals surface area contributed by atoms with E-state index < -0.39 is 17.8 Å². The van der Waals surface area contributed by atoms with E-state index in [2.05, 4.69) is 27.5 Å². The molecule has 0 radical (unpaired) electrons. The fraction of sp³-hybridized carbons (Fsp3) is 0.125. The highest BCUT2D eigenvalue weighted by atomic mass is 35.5. The molecule has 0 saturated carbocycles. The van der Waals surface area contributed by atoms with Gasteiger partial charge in [-0.2, -0.15) is 0 Å². The van der Waals surface area contributed by atoms with Crippen molar-refractivity contribution in [2.24, 2.45) is 0 Å². The number of aromatic amines is 1. The van der Waals surface area contributed by atoms with Crippen molar-refractivity contribution in [1.29, 1.82) is 0 Å². The van der Waals surface area contributed by atoms with E-state index in [0.29, 0.717) is 32.6 Å². The quantitative estimate of drug-likeness (QED) is 0.136. The Bertz CT molecular complexity index is 1760. The lowest BCUT2D eigenvalue weighted by Crippen LogP contribution is -2.17. The molecule has 0 saturated heterocycles. The van der Waals surface area contributed by atoms with E-state index in [4.69, 9.17) is 23.2 Å². The molecule has 8 nitrogen and oxygen atoms in total. The maximum absolute atomic E-state index is 13.0. The number of rotatable bonds is 9. The van der Waals surface area contributed by atoms with Gasteiger partial charge in [0.05, 0.1) is 32.3 Å². The average Bonchev–Trinajstić information content (AvgIpc) is 3.39. The van der Waals surface area contributed by atoms with Crippen LogP contribution >= 0.6 is 23.2 Å². The maximum atomic E-state index is 13.0. The first-order valence-corrected chi connectivity index (χ1v) is 14.0. The normalized spacial score (nSPS) is 10.9. The number of hydrogen-bond acceptors (Lipinski definition) is 4. The number of unbranched alkanes of at least 4 members (excludes halogenated alkanes) is 1. The molecule has 212 valence electrons. The van der Waals surface area contributed by atoms with Gasteiger partial charge in [0.15, 0.2) is 0 Å². The van der Waals surface area contributed by atoms with Gasteiger partial charge in [-0.1, -0.05) is 60.8 Å². The summed E-state index contributed by atoms with van der Waals surface area (Å²) >= 11 is 12.2. The molecule has 1 heterocycles. The number of halogens is 2.